The molecule has 5 heteroatoms. The second-order valence-corrected chi connectivity index (χ2v) is 5.30. The lowest BCUT2D eigenvalue weighted by Crippen LogP contribution is -2.38. The van der Waals surface area contributed by atoms with Crippen molar-refractivity contribution in [3.63, 3.8) is 0 Å². The Morgan fingerprint density at radius 2 is 2.09 bits per heavy atom. The number of hydrogen-bond donors (Lipinski definition) is 2. The fourth-order valence-corrected chi connectivity index (χ4v) is 2.53. The quantitative estimate of drug-likeness (QED) is 0.855. The predicted molar refractivity (Wildman–Crippen MR) is 82.6 cm³/mol. The maximum atomic E-state index is 12.2. The number of aromatic hydroxyl groups is 1. The molecule has 2 aromatic carbocycles. The molecule has 1 aliphatic heterocycles. The van der Waals surface area contributed by atoms with E-state index in [4.69, 9.17) is 9.47 Å². The maximum Gasteiger partial charge on any atom is 0.265 e. The summed E-state index contributed by atoms with van der Waals surface area (Å²) in [6, 6.07) is 10.4. The number of anilines is 1. The first-order chi connectivity index (χ1) is 10.6. The Kier molecular flexibility index (Phi) is 3.63. The van der Waals surface area contributed by atoms with Crippen LogP contribution < -0.4 is 14.8 Å². The Bertz CT molecular complexity index is 727. The van der Waals surface area contributed by atoms with Crippen molar-refractivity contribution in [3.8, 4) is 17.2 Å². The molecule has 0 bridgehead atoms. The van der Waals surface area contributed by atoms with Crippen LogP contribution in [0.3, 0.4) is 0 Å². The van der Waals surface area contributed by atoms with E-state index in [1.165, 1.54) is 12.1 Å². The molecule has 22 heavy (non-hydrogen) atoms. The number of ether oxygens (including phenoxy) is 2. The van der Waals surface area contributed by atoms with E-state index in [0.717, 1.165) is 16.9 Å². The third-order valence-corrected chi connectivity index (χ3v) is 3.63. The highest BCUT2D eigenvalue weighted by atomic mass is 16.5. The molecule has 1 unspecified atom stereocenters. The van der Waals surface area contributed by atoms with Crippen molar-refractivity contribution in [1.82, 2.24) is 0 Å². The highest BCUT2D eigenvalue weighted by molar-refractivity contribution is 5.98. The number of phenols is 1. The van der Waals surface area contributed by atoms with Gasteiger partial charge in [0.05, 0.1) is 12.8 Å². The summed E-state index contributed by atoms with van der Waals surface area (Å²) in [6.45, 7) is 1.98. The number of carbonyl (C=O) groups excluding carboxylic acids is 1. The summed E-state index contributed by atoms with van der Waals surface area (Å²) in [6.07, 6.45) is -0.267. The monoisotopic (exact) mass is 299 g/mol. The zero-order valence-electron chi connectivity index (χ0n) is 12.4. The number of hydrogen-bond acceptors (Lipinski definition) is 4. The second-order valence-electron chi connectivity index (χ2n) is 5.30. The fraction of sp³-hybridized carbons (Fsp3) is 0.235. The number of nitrogens with one attached hydrogen (secondary N) is 1. The number of methoxy groups -OCH3 is 1. The molecular weight excluding hydrogens is 282 g/mol. The molecule has 0 saturated carbocycles. The van der Waals surface area contributed by atoms with Crippen molar-refractivity contribution in [1.29, 1.82) is 0 Å². The fourth-order valence-electron chi connectivity index (χ4n) is 2.53. The number of aryl methyl sites for hydroxylation is 1. The molecule has 1 heterocycles. The van der Waals surface area contributed by atoms with Crippen LogP contribution in [0.15, 0.2) is 36.4 Å². The van der Waals surface area contributed by atoms with Crippen molar-refractivity contribution in [2.45, 2.75) is 19.4 Å². The average Bonchev–Trinajstić information content (AvgIpc) is 2.49. The Morgan fingerprint density at radius 1 is 1.27 bits per heavy atom. The largest absolute Gasteiger partial charge is 0.508 e. The second kappa shape index (κ2) is 5.60. The number of benzene rings is 2. The van der Waals surface area contributed by atoms with Gasteiger partial charge in [0.1, 0.15) is 17.2 Å². The minimum Gasteiger partial charge on any atom is -0.508 e. The third-order valence-electron chi connectivity index (χ3n) is 3.63. The Hall–Kier alpha value is -2.69. The number of phenolic OH excluding ortho intramolecular Hbond substituents is 1. The first-order valence-corrected chi connectivity index (χ1v) is 7.01. The van der Waals surface area contributed by atoms with Crippen LogP contribution in [0.5, 0.6) is 17.2 Å². The molecule has 5 nitrogen and oxygen atoms in total. The van der Waals surface area contributed by atoms with E-state index in [2.05, 4.69) is 5.32 Å². The Balaban J connectivity index is 1.87. The van der Waals surface area contributed by atoms with E-state index >= 15 is 0 Å². The smallest absolute Gasteiger partial charge is 0.265 e. The summed E-state index contributed by atoms with van der Waals surface area (Å²) >= 11 is 0. The molecule has 1 atom stereocenters. The first-order valence-electron chi connectivity index (χ1n) is 7.01. The molecule has 0 spiro atoms. The van der Waals surface area contributed by atoms with Gasteiger partial charge in [0.25, 0.3) is 5.91 Å². The van der Waals surface area contributed by atoms with E-state index in [0.29, 0.717) is 17.9 Å². The molecule has 1 aliphatic rings. The summed E-state index contributed by atoms with van der Waals surface area (Å²) in [5, 5.41) is 12.3. The first kappa shape index (κ1) is 14.3. The van der Waals surface area contributed by atoms with Gasteiger partial charge < -0.3 is 19.9 Å². The van der Waals surface area contributed by atoms with E-state index in [1.807, 2.05) is 25.1 Å². The van der Waals surface area contributed by atoms with Gasteiger partial charge in [0, 0.05) is 12.5 Å². The van der Waals surface area contributed by atoms with E-state index in [9.17, 15) is 9.90 Å². The van der Waals surface area contributed by atoms with Crippen molar-refractivity contribution in [2.75, 3.05) is 12.4 Å². The van der Waals surface area contributed by atoms with Gasteiger partial charge in [-0.2, -0.15) is 0 Å². The molecule has 0 fully saturated rings. The van der Waals surface area contributed by atoms with Gasteiger partial charge in [0.2, 0.25) is 0 Å². The molecule has 0 aromatic heterocycles. The molecule has 2 N–H and O–H groups in total. The molecule has 114 valence electrons. The van der Waals surface area contributed by atoms with Gasteiger partial charge >= 0.3 is 0 Å². The zero-order valence-corrected chi connectivity index (χ0v) is 12.4. The van der Waals surface area contributed by atoms with Crippen molar-refractivity contribution in [2.24, 2.45) is 0 Å². The normalized spacial score (nSPS) is 16.5. The standard InChI is InChI=1S/C17H17NO4/c1-10-3-6-14(21-2)11(7-10)8-16-17(20)18-13-5-4-12(19)9-15(13)22-16/h3-7,9,16,19H,8H2,1-2H3,(H,18,20). The Morgan fingerprint density at radius 3 is 2.86 bits per heavy atom. The maximum absolute atomic E-state index is 12.2. The van der Waals surface area contributed by atoms with E-state index in [1.54, 1.807) is 13.2 Å². The van der Waals surface area contributed by atoms with Gasteiger partial charge in [-0.25, -0.2) is 0 Å². The molecule has 0 saturated heterocycles. The highest BCUT2D eigenvalue weighted by Crippen LogP contribution is 2.34. The van der Waals surface area contributed by atoms with Crippen LogP contribution in [0.1, 0.15) is 11.1 Å². The number of rotatable bonds is 3. The number of fused-ring (bicyclic) bond motifs is 1. The van der Waals surface area contributed by atoms with Gasteiger partial charge in [-0.1, -0.05) is 17.7 Å². The average molecular weight is 299 g/mol. The van der Waals surface area contributed by atoms with Gasteiger partial charge in [-0.3, -0.25) is 4.79 Å². The lowest BCUT2D eigenvalue weighted by atomic mass is 10.0. The molecular formula is C17H17NO4. The summed E-state index contributed by atoms with van der Waals surface area (Å²) < 4.78 is 11.1. The van der Waals surface area contributed by atoms with Gasteiger partial charge in [0.15, 0.2) is 6.10 Å². The van der Waals surface area contributed by atoms with Crippen LogP contribution in [0.25, 0.3) is 0 Å². The minimum atomic E-state index is -0.662. The third kappa shape index (κ3) is 2.70. The molecule has 2 aromatic rings. The topological polar surface area (TPSA) is 67.8 Å². The summed E-state index contributed by atoms with van der Waals surface area (Å²) in [4.78, 5) is 12.2. The van der Waals surface area contributed by atoms with Crippen LogP contribution in [0.4, 0.5) is 5.69 Å². The van der Waals surface area contributed by atoms with Crippen molar-refractivity contribution >= 4 is 11.6 Å². The van der Waals surface area contributed by atoms with Crippen LogP contribution >= 0.6 is 0 Å². The Labute approximate surface area is 128 Å². The summed E-state index contributed by atoms with van der Waals surface area (Å²) in [7, 11) is 1.60. The summed E-state index contributed by atoms with van der Waals surface area (Å²) in [5.41, 5.74) is 2.56. The molecule has 3 rings (SSSR count). The molecule has 0 aliphatic carbocycles. The van der Waals surface area contributed by atoms with E-state index < -0.39 is 6.10 Å². The molecule has 1 amide bonds. The zero-order chi connectivity index (χ0) is 15.7. The number of amides is 1. The van der Waals surface area contributed by atoms with E-state index in [-0.39, 0.29) is 11.7 Å². The van der Waals surface area contributed by atoms with Crippen LogP contribution in [0, 0.1) is 6.92 Å². The number of carbonyl (C=O) groups is 1. The van der Waals surface area contributed by atoms with Crippen molar-refractivity contribution in [3.05, 3.63) is 47.5 Å². The van der Waals surface area contributed by atoms with Crippen molar-refractivity contribution < 1.29 is 19.4 Å². The van der Waals surface area contributed by atoms with Gasteiger partial charge in [-0.05, 0) is 30.7 Å². The minimum absolute atomic E-state index is 0.0989. The highest BCUT2D eigenvalue weighted by Gasteiger charge is 2.28. The van der Waals surface area contributed by atoms with Gasteiger partial charge in [-0.15, -0.1) is 0 Å². The summed E-state index contributed by atoms with van der Waals surface area (Å²) in [5.74, 6) is 1.09. The van der Waals surface area contributed by atoms with Crippen LogP contribution in [-0.4, -0.2) is 24.2 Å². The molecule has 0 radical (unpaired) electrons. The van der Waals surface area contributed by atoms with Crippen LogP contribution in [-0.2, 0) is 11.2 Å². The predicted octanol–water partition coefficient (Wildman–Crippen LogP) is 2.65. The van der Waals surface area contributed by atoms with Crippen LogP contribution in [0.2, 0.25) is 0 Å². The SMILES string of the molecule is COc1ccc(C)cc1CC1Oc2cc(O)ccc2NC1=O. The lowest BCUT2D eigenvalue weighted by Gasteiger charge is -2.26. The lowest BCUT2D eigenvalue weighted by molar-refractivity contribution is -0.123.